The largest absolute Gasteiger partial charge is 0.490 e. The van der Waals surface area contributed by atoms with Crippen LogP contribution in [0.2, 0.25) is 0 Å². The van der Waals surface area contributed by atoms with Gasteiger partial charge < -0.3 is 15.0 Å². The first-order valence-electron chi connectivity index (χ1n) is 8.46. The number of rotatable bonds is 5. The molecule has 8 nitrogen and oxygen atoms in total. The number of nitrogens with zero attached hydrogens (tertiary/aromatic N) is 2. The van der Waals surface area contributed by atoms with Crippen LogP contribution in [0.25, 0.3) is 0 Å². The third-order valence-corrected chi connectivity index (χ3v) is 4.76. The predicted molar refractivity (Wildman–Crippen MR) is 98.5 cm³/mol. The molecule has 0 aromatic heterocycles. The highest BCUT2D eigenvalue weighted by Gasteiger charge is 2.44. The van der Waals surface area contributed by atoms with Gasteiger partial charge in [-0.3, -0.25) is 19.7 Å². The van der Waals surface area contributed by atoms with Crippen LogP contribution in [-0.2, 0) is 9.59 Å². The summed E-state index contributed by atoms with van der Waals surface area (Å²) >= 11 is 0. The van der Waals surface area contributed by atoms with Gasteiger partial charge in [0.2, 0.25) is 11.8 Å². The number of likely N-dealkylation sites (N-methyl/N-ethyl adjacent to an activating group) is 1. The van der Waals surface area contributed by atoms with E-state index in [4.69, 9.17) is 4.74 Å². The molecule has 0 spiro atoms. The first kappa shape index (κ1) is 19.3. The molecule has 1 saturated heterocycles. The Morgan fingerprint density at radius 1 is 1.32 bits per heavy atom. The van der Waals surface area contributed by atoms with Gasteiger partial charge in [0.15, 0.2) is 5.75 Å². The minimum atomic E-state index is -1.13. The van der Waals surface area contributed by atoms with Gasteiger partial charge in [-0.15, -0.1) is 0 Å². The van der Waals surface area contributed by atoms with Gasteiger partial charge in [-0.2, -0.15) is 0 Å². The Bertz CT molecular complexity index is 949. The van der Waals surface area contributed by atoms with E-state index in [9.17, 15) is 24.1 Å². The maximum absolute atomic E-state index is 13.9. The average Bonchev–Trinajstić information content (AvgIpc) is 2.97. The number of carbonyl (C=O) groups is 2. The highest BCUT2D eigenvalue weighted by atomic mass is 19.1. The van der Waals surface area contributed by atoms with Gasteiger partial charge in [0.1, 0.15) is 11.7 Å². The molecule has 2 aromatic carbocycles. The number of hydrogen-bond acceptors (Lipinski definition) is 5. The molecular formula is C19H18FN3O5. The molecule has 1 N–H and O–H groups in total. The number of halogens is 1. The van der Waals surface area contributed by atoms with Crippen molar-refractivity contribution >= 4 is 23.2 Å². The van der Waals surface area contributed by atoms with Crippen LogP contribution in [0.4, 0.5) is 15.8 Å². The highest BCUT2D eigenvalue weighted by molar-refractivity contribution is 6.08. The lowest BCUT2D eigenvalue weighted by Gasteiger charge is -2.17. The zero-order chi connectivity index (χ0) is 20.4. The van der Waals surface area contributed by atoms with Crippen LogP contribution in [0.15, 0.2) is 42.5 Å². The number of nitro groups is 1. The van der Waals surface area contributed by atoms with Crippen LogP contribution in [-0.4, -0.2) is 42.3 Å². The van der Waals surface area contributed by atoms with E-state index in [2.05, 4.69) is 5.32 Å². The maximum Gasteiger partial charge on any atom is 0.311 e. The van der Waals surface area contributed by atoms with E-state index in [1.807, 2.05) is 0 Å². The Balaban J connectivity index is 1.95. The molecule has 0 bridgehead atoms. The molecule has 146 valence electrons. The minimum absolute atomic E-state index is 0.0330. The summed E-state index contributed by atoms with van der Waals surface area (Å²) in [6.07, 6.45) is 0. The second kappa shape index (κ2) is 7.63. The molecule has 0 unspecified atom stereocenters. The van der Waals surface area contributed by atoms with Gasteiger partial charge >= 0.3 is 5.69 Å². The van der Waals surface area contributed by atoms with Crippen molar-refractivity contribution in [2.45, 2.75) is 5.92 Å². The quantitative estimate of drug-likeness (QED) is 0.483. The summed E-state index contributed by atoms with van der Waals surface area (Å²) in [6, 6.07) is 9.96. The van der Waals surface area contributed by atoms with E-state index < -0.39 is 34.4 Å². The number of amides is 2. The lowest BCUT2D eigenvalue weighted by molar-refractivity contribution is -0.385. The lowest BCUT2D eigenvalue weighted by Crippen LogP contribution is -2.33. The zero-order valence-electron chi connectivity index (χ0n) is 15.2. The molecule has 2 atom stereocenters. The zero-order valence-corrected chi connectivity index (χ0v) is 15.2. The summed E-state index contributed by atoms with van der Waals surface area (Å²) in [4.78, 5) is 37.4. The molecule has 2 aromatic rings. The van der Waals surface area contributed by atoms with E-state index >= 15 is 0 Å². The van der Waals surface area contributed by atoms with Gasteiger partial charge in [0, 0.05) is 25.6 Å². The van der Waals surface area contributed by atoms with Crippen LogP contribution in [0.3, 0.4) is 0 Å². The summed E-state index contributed by atoms with van der Waals surface area (Å²) in [6.45, 7) is 0.206. The molecule has 1 heterocycles. The average molecular weight is 387 g/mol. The molecule has 1 fully saturated rings. The number of para-hydroxylation sites is 1. The summed E-state index contributed by atoms with van der Waals surface area (Å²) in [7, 11) is 2.86. The number of ether oxygens (including phenoxy) is 1. The minimum Gasteiger partial charge on any atom is -0.490 e. The molecule has 2 amide bonds. The van der Waals surface area contributed by atoms with Crippen LogP contribution >= 0.6 is 0 Å². The standard InChI is InChI=1S/C19H18FN3O5/c1-22-10-12(11-7-8-16(28-2)15(9-11)23(26)27)17(19(22)25)18(24)21-14-6-4-3-5-13(14)20/h3-9,12,17H,10H2,1-2H3,(H,21,24)/t12-,17+/m0/s1. The van der Waals surface area contributed by atoms with E-state index in [0.29, 0.717) is 5.56 Å². The SMILES string of the molecule is COc1ccc([C@@H]2CN(C)C(=O)[C@H]2C(=O)Nc2ccccc2F)cc1[N+](=O)[O-]. The summed E-state index contributed by atoms with van der Waals surface area (Å²) in [5, 5.41) is 13.7. The van der Waals surface area contributed by atoms with Crippen molar-refractivity contribution in [2.75, 3.05) is 26.0 Å². The van der Waals surface area contributed by atoms with Crippen LogP contribution in [0, 0.1) is 21.8 Å². The topological polar surface area (TPSA) is 102 Å². The van der Waals surface area contributed by atoms with Gasteiger partial charge in [0.25, 0.3) is 0 Å². The fraction of sp³-hybridized carbons (Fsp3) is 0.263. The number of nitro benzene ring substituents is 1. The molecule has 9 heteroatoms. The summed E-state index contributed by atoms with van der Waals surface area (Å²) in [5.74, 6) is -3.38. The van der Waals surface area contributed by atoms with Crippen molar-refractivity contribution in [1.82, 2.24) is 4.90 Å². The second-order valence-electron chi connectivity index (χ2n) is 6.46. The van der Waals surface area contributed by atoms with Crippen molar-refractivity contribution in [3.05, 3.63) is 64.0 Å². The van der Waals surface area contributed by atoms with Crippen molar-refractivity contribution in [1.29, 1.82) is 0 Å². The van der Waals surface area contributed by atoms with Crippen molar-refractivity contribution in [3.63, 3.8) is 0 Å². The number of hydrogen-bond donors (Lipinski definition) is 1. The van der Waals surface area contributed by atoms with Crippen LogP contribution in [0.5, 0.6) is 5.75 Å². The fourth-order valence-electron chi connectivity index (χ4n) is 3.35. The van der Waals surface area contributed by atoms with Crippen molar-refractivity contribution in [3.8, 4) is 5.75 Å². The van der Waals surface area contributed by atoms with Crippen LogP contribution in [0.1, 0.15) is 11.5 Å². The number of anilines is 1. The monoisotopic (exact) mass is 387 g/mol. The van der Waals surface area contributed by atoms with Crippen molar-refractivity contribution in [2.24, 2.45) is 5.92 Å². The van der Waals surface area contributed by atoms with E-state index in [1.165, 1.54) is 42.3 Å². The van der Waals surface area contributed by atoms with E-state index in [1.54, 1.807) is 19.2 Å². The Morgan fingerprint density at radius 3 is 2.68 bits per heavy atom. The van der Waals surface area contributed by atoms with Gasteiger partial charge in [-0.25, -0.2) is 4.39 Å². The molecule has 1 aliphatic heterocycles. The Hall–Kier alpha value is -3.49. The molecule has 28 heavy (non-hydrogen) atoms. The van der Waals surface area contributed by atoms with E-state index in [-0.39, 0.29) is 23.7 Å². The second-order valence-corrected chi connectivity index (χ2v) is 6.46. The van der Waals surface area contributed by atoms with Gasteiger partial charge in [0.05, 0.1) is 17.7 Å². The Morgan fingerprint density at radius 2 is 2.04 bits per heavy atom. The van der Waals surface area contributed by atoms with Gasteiger partial charge in [-0.1, -0.05) is 18.2 Å². The number of likely N-dealkylation sites (tertiary alicyclic amines) is 1. The number of benzene rings is 2. The Labute approximate surface area is 160 Å². The first-order chi connectivity index (χ1) is 13.3. The normalized spacial score (nSPS) is 18.8. The highest BCUT2D eigenvalue weighted by Crippen LogP contribution is 2.38. The van der Waals surface area contributed by atoms with E-state index in [0.717, 1.165) is 0 Å². The number of methoxy groups -OCH3 is 1. The third kappa shape index (κ3) is 3.51. The summed E-state index contributed by atoms with van der Waals surface area (Å²) in [5.41, 5.74) is 0.170. The molecule has 1 aliphatic rings. The molecule has 3 rings (SSSR count). The molecule has 0 aliphatic carbocycles. The summed E-state index contributed by atoms with van der Waals surface area (Å²) < 4.78 is 18.9. The maximum atomic E-state index is 13.9. The van der Waals surface area contributed by atoms with Crippen LogP contribution < -0.4 is 10.1 Å². The number of nitrogens with one attached hydrogen (secondary N) is 1. The smallest absolute Gasteiger partial charge is 0.311 e. The molecule has 0 saturated carbocycles. The molecular weight excluding hydrogens is 369 g/mol. The Kier molecular flexibility index (Phi) is 5.25. The first-order valence-corrected chi connectivity index (χ1v) is 8.46. The van der Waals surface area contributed by atoms with Gasteiger partial charge in [-0.05, 0) is 23.8 Å². The predicted octanol–water partition coefficient (Wildman–Crippen LogP) is 2.55. The van der Waals surface area contributed by atoms with Crippen molar-refractivity contribution < 1.29 is 23.6 Å². The third-order valence-electron chi connectivity index (χ3n) is 4.76. The fourth-order valence-corrected chi connectivity index (χ4v) is 3.35. The number of carbonyl (C=O) groups excluding carboxylic acids is 2. The molecule has 0 radical (unpaired) electrons. The lowest BCUT2D eigenvalue weighted by atomic mass is 9.87.